The highest BCUT2D eigenvalue weighted by Gasteiger charge is 2.48. The van der Waals surface area contributed by atoms with E-state index in [9.17, 15) is 9.59 Å². The van der Waals surface area contributed by atoms with E-state index < -0.39 is 12.1 Å². The van der Waals surface area contributed by atoms with Crippen LogP contribution in [0.25, 0.3) is 0 Å². The number of hydrogen-bond acceptors (Lipinski definition) is 3. The van der Waals surface area contributed by atoms with Crippen molar-refractivity contribution in [2.45, 2.75) is 11.7 Å². The number of carboxylic acids is 1. The molecule has 17 heavy (non-hydrogen) atoms. The Kier molecular flexibility index (Phi) is 2.22. The maximum atomic E-state index is 11.0. The average Bonchev–Trinajstić information content (AvgIpc) is 2.84. The molecule has 1 amide bonds. The third-order valence-electron chi connectivity index (χ3n) is 3.66. The molecule has 90 valence electrons. The molecule has 3 unspecified atom stereocenters. The first-order valence-electron chi connectivity index (χ1n) is 5.38. The molecule has 0 aromatic rings. The summed E-state index contributed by atoms with van der Waals surface area (Å²) in [6, 6.07) is 0. The van der Waals surface area contributed by atoms with Crippen LogP contribution in [0.15, 0.2) is 22.8 Å². The zero-order chi connectivity index (χ0) is 12.2. The van der Waals surface area contributed by atoms with Gasteiger partial charge >= 0.3 is 12.1 Å². The van der Waals surface area contributed by atoms with Crippen LogP contribution in [0.5, 0.6) is 0 Å². The van der Waals surface area contributed by atoms with Gasteiger partial charge in [-0.15, -0.1) is 11.8 Å². The predicted molar refractivity (Wildman–Crippen MR) is 61.5 cm³/mol. The predicted octanol–water partition coefficient (Wildman–Crippen LogP) is 1.58. The van der Waals surface area contributed by atoms with Crippen LogP contribution in [-0.2, 0) is 4.79 Å². The first kappa shape index (κ1) is 10.7. The van der Waals surface area contributed by atoms with Gasteiger partial charge in [0.2, 0.25) is 0 Å². The second-order valence-corrected chi connectivity index (χ2v) is 5.55. The number of carbonyl (C=O) groups is 2. The highest BCUT2D eigenvalue weighted by molar-refractivity contribution is 8.03. The number of aliphatic carboxylic acids is 1. The van der Waals surface area contributed by atoms with E-state index in [1.807, 2.05) is 0 Å². The van der Waals surface area contributed by atoms with Gasteiger partial charge in [0.25, 0.3) is 0 Å². The van der Waals surface area contributed by atoms with Gasteiger partial charge in [-0.1, -0.05) is 0 Å². The maximum Gasteiger partial charge on any atom is 0.411 e. The Balaban J connectivity index is 1.85. The lowest BCUT2D eigenvalue weighted by Crippen LogP contribution is -2.24. The van der Waals surface area contributed by atoms with Crippen molar-refractivity contribution in [3.8, 4) is 0 Å². The van der Waals surface area contributed by atoms with Gasteiger partial charge in [-0.3, -0.25) is 4.90 Å². The Morgan fingerprint density at radius 1 is 1.41 bits per heavy atom. The zero-order valence-electron chi connectivity index (χ0n) is 8.87. The topological polar surface area (TPSA) is 77.8 Å². The van der Waals surface area contributed by atoms with Gasteiger partial charge in [0, 0.05) is 35.4 Å². The monoisotopic (exact) mass is 253 g/mol. The molecule has 3 rings (SSSR count). The van der Waals surface area contributed by atoms with E-state index in [2.05, 4.69) is 0 Å². The molecule has 0 spiro atoms. The summed E-state index contributed by atoms with van der Waals surface area (Å²) in [5.41, 5.74) is 1.58. The van der Waals surface area contributed by atoms with E-state index in [-0.39, 0.29) is 17.1 Å². The number of nitrogens with zero attached hydrogens (tertiary/aromatic N) is 1. The van der Waals surface area contributed by atoms with Crippen molar-refractivity contribution in [3.63, 3.8) is 0 Å². The minimum Gasteiger partial charge on any atom is -0.478 e. The largest absolute Gasteiger partial charge is 0.478 e. The molecule has 1 aliphatic carbocycles. The molecule has 0 saturated heterocycles. The van der Waals surface area contributed by atoms with Gasteiger partial charge < -0.3 is 10.2 Å². The SMILES string of the molecule is O=C(O)C1=CSC2C3=CN(C(=O)O)CC3CC12. The summed E-state index contributed by atoms with van der Waals surface area (Å²) in [5.74, 6) is -0.581. The highest BCUT2D eigenvalue weighted by atomic mass is 32.2. The lowest BCUT2D eigenvalue weighted by Gasteiger charge is -2.14. The highest BCUT2D eigenvalue weighted by Crippen LogP contribution is 2.53. The van der Waals surface area contributed by atoms with Gasteiger partial charge in [-0.25, -0.2) is 9.59 Å². The van der Waals surface area contributed by atoms with Crippen molar-refractivity contribution in [1.29, 1.82) is 0 Å². The van der Waals surface area contributed by atoms with Crippen molar-refractivity contribution < 1.29 is 19.8 Å². The summed E-state index contributed by atoms with van der Waals surface area (Å²) in [6.07, 6.45) is 1.51. The van der Waals surface area contributed by atoms with Gasteiger partial charge in [0.15, 0.2) is 0 Å². The van der Waals surface area contributed by atoms with Crippen LogP contribution < -0.4 is 0 Å². The van der Waals surface area contributed by atoms with Gasteiger partial charge in [-0.2, -0.15) is 0 Å². The van der Waals surface area contributed by atoms with E-state index in [4.69, 9.17) is 10.2 Å². The minimum absolute atomic E-state index is 0.0599. The molecule has 3 aliphatic rings. The van der Waals surface area contributed by atoms with Crippen molar-refractivity contribution in [1.82, 2.24) is 4.90 Å². The van der Waals surface area contributed by atoms with Crippen molar-refractivity contribution in [2.24, 2.45) is 11.8 Å². The number of fused-ring (bicyclic) bond motifs is 3. The summed E-state index contributed by atoms with van der Waals surface area (Å²) in [5, 5.41) is 19.8. The van der Waals surface area contributed by atoms with Crippen LogP contribution in [0.3, 0.4) is 0 Å². The van der Waals surface area contributed by atoms with Crippen LogP contribution in [0.4, 0.5) is 4.79 Å². The molecular formula is C11H11NO4S. The zero-order valence-corrected chi connectivity index (χ0v) is 9.68. The Morgan fingerprint density at radius 3 is 2.82 bits per heavy atom. The molecule has 5 nitrogen and oxygen atoms in total. The molecule has 0 aromatic heterocycles. The van der Waals surface area contributed by atoms with Gasteiger partial charge in [0.05, 0.1) is 0 Å². The van der Waals surface area contributed by atoms with Crippen LogP contribution in [0.1, 0.15) is 6.42 Å². The number of rotatable bonds is 1. The molecule has 2 aliphatic heterocycles. The second-order valence-electron chi connectivity index (χ2n) is 4.54. The lowest BCUT2D eigenvalue weighted by molar-refractivity contribution is -0.133. The lowest BCUT2D eigenvalue weighted by atomic mass is 9.97. The second kappa shape index (κ2) is 3.53. The first-order valence-corrected chi connectivity index (χ1v) is 6.32. The van der Waals surface area contributed by atoms with E-state index in [0.29, 0.717) is 12.1 Å². The molecule has 0 bridgehead atoms. The quantitative estimate of drug-likeness (QED) is 0.742. The van der Waals surface area contributed by atoms with Crippen molar-refractivity contribution >= 4 is 23.8 Å². The fourth-order valence-electron chi connectivity index (χ4n) is 2.90. The van der Waals surface area contributed by atoms with Crippen molar-refractivity contribution in [3.05, 3.63) is 22.8 Å². The number of thioether (sulfide) groups is 1. The van der Waals surface area contributed by atoms with E-state index in [1.54, 1.807) is 11.6 Å². The van der Waals surface area contributed by atoms with E-state index >= 15 is 0 Å². The average molecular weight is 253 g/mol. The van der Waals surface area contributed by atoms with E-state index in [0.717, 1.165) is 12.0 Å². The van der Waals surface area contributed by atoms with Crippen molar-refractivity contribution in [2.75, 3.05) is 6.54 Å². The van der Waals surface area contributed by atoms with Crippen LogP contribution in [-0.4, -0.2) is 39.0 Å². The minimum atomic E-state index is -0.933. The Morgan fingerprint density at radius 2 is 2.18 bits per heavy atom. The molecule has 1 saturated carbocycles. The van der Waals surface area contributed by atoms with E-state index in [1.165, 1.54) is 16.7 Å². The molecular weight excluding hydrogens is 242 g/mol. The molecule has 0 radical (unpaired) electrons. The molecule has 2 N–H and O–H groups in total. The first-order chi connectivity index (χ1) is 8.08. The summed E-state index contributed by atoms with van der Waals surface area (Å²) in [7, 11) is 0. The normalized spacial score (nSPS) is 34.1. The molecule has 0 aromatic carbocycles. The number of carboxylic acid groups (broad SMARTS) is 2. The Labute approximate surface area is 102 Å². The van der Waals surface area contributed by atoms with Crippen LogP contribution >= 0.6 is 11.8 Å². The van der Waals surface area contributed by atoms with Crippen LogP contribution in [0.2, 0.25) is 0 Å². The maximum absolute atomic E-state index is 11.0. The number of amides is 1. The fraction of sp³-hybridized carbons (Fsp3) is 0.455. The summed E-state index contributed by atoms with van der Waals surface area (Å²) >= 11 is 1.51. The molecule has 6 heteroatoms. The standard InChI is InChI=1S/C11H11NO4S/c13-10(14)8-4-17-9-6(8)1-5-2-12(11(15)16)3-7(5)9/h3-6,9H,1-2H2,(H,13,14)(H,15,16). The van der Waals surface area contributed by atoms with Crippen LogP contribution in [0, 0.1) is 11.8 Å². The summed E-state index contributed by atoms with van der Waals surface area (Å²) in [4.78, 5) is 23.2. The Hall–Kier alpha value is -1.43. The Bertz CT molecular complexity index is 470. The molecule has 2 heterocycles. The van der Waals surface area contributed by atoms with Gasteiger partial charge in [-0.05, 0) is 17.4 Å². The molecule has 3 atom stereocenters. The summed E-state index contributed by atoms with van der Waals surface area (Å²) in [6.45, 7) is 0.477. The number of hydrogen-bond donors (Lipinski definition) is 2. The third kappa shape index (κ3) is 1.47. The molecule has 1 fully saturated rings. The smallest absolute Gasteiger partial charge is 0.411 e. The fourth-order valence-corrected chi connectivity index (χ4v) is 4.33. The van der Waals surface area contributed by atoms with Gasteiger partial charge in [0.1, 0.15) is 0 Å². The summed E-state index contributed by atoms with van der Waals surface area (Å²) < 4.78 is 0. The third-order valence-corrected chi connectivity index (χ3v) is 4.94.